The Morgan fingerprint density at radius 2 is 1.89 bits per heavy atom. The van der Waals surface area contributed by atoms with Crippen molar-refractivity contribution in [3.8, 4) is 11.3 Å². The van der Waals surface area contributed by atoms with E-state index in [1.165, 1.54) is 6.07 Å². The Morgan fingerprint density at radius 1 is 1.16 bits per heavy atom. The van der Waals surface area contributed by atoms with Crippen LogP contribution in [0.3, 0.4) is 0 Å². The van der Waals surface area contributed by atoms with E-state index in [0.29, 0.717) is 22.9 Å². The Labute approximate surface area is 107 Å². The van der Waals surface area contributed by atoms with Gasteiger partial charge in [0.1, 0.15) is 17.3 Å². The minimum absolute atomic E-state index is 0.509. The van der Waals surface area contributed by atoms with E-state index in [9.17, 15) is 13.2 Å². The molecule has 0 amide bonds. The number of pyridine rings is 1. The monoisotopic (exact) mass is 268 g/mol. The number of aromatic nitrogens is 3. The number of hydrogen-bond donors (Lipinski definition) is 1. The van der Waals surface area contributed by atoms with E-state index in [4.69, 9.17) is 0 Å². The number of hydrogen-bond acceptors (Lipinski definition) is 4. The van der Waals surface area contributed by atoms with Crippen molar-refractivity contribution < 1.29 is 13.2 Å². The van der Waals surface area contributed by atoms with Crippen LogP contribution >= 0.6 is 0 Å². The van der Waals surface area contributed by atoms with E-state index in [0.717, 1.165) is 12.3 Å². The van der Waals surface area contributed by atoms with Crippen molar-refractivity contribution in [2.75, 3.05) is 12.4 Å². The van der Waals surface area contributed by atoms with Gasteiger partial charge in [-0.15, -0.1) is 0 Å². The molecule has 0 saturated heterocycles. The first-order chi connectivity index (χ1) is 8.90. The normalized spacial score (nSPS) is 11.4. The Hall–Kier alpha value is -2.18. The molecule has 2 rings (SSSR count). The van der Waals surface area contributed by atoms with Gasteiger partial charge in [0, 0.05) is 24.9 Å². The number of nitrogens with zero attached hydrogens (tertiary/aromatic N) is 3. The van der Waals surface area contributed by atoms with Gasteiger partial charge in [0.2, 0.25) is 0 Å². The SMILES string of the molecule is CNc1cc(-c2ccc(C(F)(F)F)nc2)nc(C)n1. The lowest BCUT2D eigenvalue weighted by molar-refractivity contribution is -0.141. The highest BCUT2D eigenvalue weighted by atomic mass is 19.4. The molecule has 2 aromatic heterocycles. The maximum atomic E-state index is 12.4. The minimum Gasteiger partial charge on any atom is -0.373 e. The molecule has 2 heterocycles. The first-order valence-corrected chi connectivity index (χ1v) is 5.47. The maximum absolute atomic E-state index is 12.4. The summed E-state index contributed by atoms with van der Waals surface area (Å²) >= 11 is 0. The van der Waals surface area contributed by atoms with Crippen LogP contribution in [0, 0.1) is 6.92 Å². The summed E-state index contributed by atoms with van der Waals surface area (Å²) in [5.74, 6) is 1.13. The topological polar surface area (TPSA) is 50.7 Å². The van der Waals surface area contributed by atoms with E-state index in [2.05, 4.69) is 20.3 Å². The van der Waals surface area contributed by atoms with Crippen molar-refractivity contribution in [1.29, 1.82) is 0 Å². The molecule has 0 radical (unpaired) electrons. The van der Waals surface area contributed by atoms with Crippen LogP contribution in [0.25, 0.3) is 11.3 Å². The molecule has 19 heavy (non-hydrogen) atoms. The van der Waals surface area contributed by atoms with Gasteiger partial charge in [-0.3, -0.25) is 4.98 Å². The highest BCUT2D eigenvalue weighted by molar-refractivity contribution is 5.61. The molecular formula is C12H11F3N4. The smallest absolute Gasteiger partial charge is 0.373 e. The van der Waals surface area contributed by atoms with Crippen LogP contribution in [-0.2, 0) is 6.18 Å². The fraction of sp³-hybridized carbons (Fsp3) is 0.250. The minimum atomic E-state index is -4.43. The molecule has 100 valence electrons. The van der Waals surface area contributed by atoms with Crippen molar-refractivity contribution in [3.63, 3.8) is 0 Å². The lowest BCUT2D eigenvalue weighted by atomic mass is 10.2. The molecule has 2 aromatic rings. The van der Waals surface area contributed by atoms with E-state index in [1.54, 1.807) is 20.0 Å². The predicted octanol–water partition coefficient (Wildman–Crippen LogP) is 2.91. The third-order valence-corrected chi connectivity index (χ3v) is 2.44. The number of rotatable bonds is 2. The Bertz CT molecular complexity index is 579. The summed E-state index contributed by atoms with van der Waals surface area (Å²) in [6, 6.07) is 3.93. The lowest BCUT2D eigenvalue weighted by Crippen LogP contribution is -2.07. The quantitative estimate of drug-likeness (QED) is 0.909. The zero-order valence-electron chi connectivity index (χ0n) is 10.3. The van der Waals surface area contributed by atoms with Crippen LogP contribution in [0.4, 0.5) is 19.0 Å². The van der Waals surface area contributed by atoms with Gasteiger partial charge in [-0.05, 0) is 19.1 Å². The van der Waals surface area contributed by atoms with E-state index in [-0.39, 0.29) is 0 Å². The van der Waals surface area contributed by atoms with Crippen LogP contribution in [0.1, 0.15) is 11.5 Å². The molecule has 0 aliphatic heterocycles. The van der Waals surface area contributed by atoms with Crippen molar-refractivity contribution in [2.45, 2.75) is 13.1 Å². The first-order valence-electron chi connectivity index (χ1n) is 5.47. The first kappa shape index (κ1) is 13.3. The highest BCUT2D eigenvalue weighted by Gasteiger charge is 2.32. The number of alkyl halides is 3. The van der Waals surface area contributed by atoms with Crippen LogP contribution in [0.5, 0.6) is 0 Å². The molecule has 0 spiro atoms. The molecule has 0 unspecified atom stereocenters. The third-order valence-electron chi connectivity index (χ3n) is 2.44. The number of aryl methyl sites for hydroxylation is 1. The van der Waals surface area contributed by atoms with Gasteiger partial charge in [0.15, 0.2) is 0 Å². The van der Waals surface area contributed by atoms with Gasteiger partial charge in [-0.1, -0.05) is 0 Å². The van der Waals surface area contributed by atoms with E-state index < -0.39 is 11.9 Å². The number of anilines is 1. The summed E-state index contributed by atoms with van der Waals surface area (Å²) in [6.45, 7) is 1.71. The summed E-state index contributed by atoms with van der Waals surface area (Å²) in [5.41, 5.74) is 0.115. The van der Waals surface area contributed by atoms with Gasteiger partial charge in [-0.25, -0.2) is 9.97 Å². The second-order valence-electron chi connectivity index (χ2n) is 3.87. The zero-order valence-corrected chi connectivity index (χ0v) is 10.3. The van der Waals surface area contributed by atoms with Gasteiger partial charge in [0.05, 0.1) is 5.69 Å². The Kier molecular flexibility index (Phi) is 3.37. The second-order valence-corrected chi connectivity index (χ2v) is 3.87. The molecule has 4 nitrogen and oxygen atoms in total. The highest BCUT2D eigenvalue weighted by Crippen LogP contribution is 2.28. The molecule has 0 bridgehead atoms. The largest absolute Gasteiger partial charge is 0.433 e. The van der Waals surface area contributed by atoms with E-state index in [1.807, 2.05) is 0 Å². The van der Waals surface area contributed by atoms with E-state index >= 15 is 0 Å². The molecule has 0 aromatic carbocycles. The van der Waals surface area contributed by atoms with Crippen LogP contribution in [-0.4, -0.2) is 22.0 Å². The molecular weight excluding hydrogens is 257 g/mol. The lowest BCUT2D eigenvalue weighted by Gasteiger charge is -2.08. The summed E-state index contributed by atoms with van der Waals surface area (Å²) in [5, 5.41) is 2.86. The maximum Gasteiger partial charge on any atom is 0.433 e. The average molecular weight is 268 g/mol. The third kappa shape index (κ3) is 2.98. The molecule has 7 heteroatoms. The fourth-order valence-corrected chi connectivity index (χ4v) is 1.56. The summed E-state index contributed by atoms with van der Waals surface area (Å²) < 4.78 is 37.2. The van der Waals surface area contributed by atoms with Crippen LogP contribution in [0.15, 0.2) is 24.4 Å². The molecule has 0 fully saturated rings. The molecule has 0 saturated carbocycles. The predicted molar refractivity (Wildman–Crippen MR) is 64.5 cm³/mol. The summed E-state index contributed by atoms with van der Waals surface area (Å²) in [4.78, 5) is 11.7. The van der Waals surface area contributed by atoms with Crippen molar-refractivity contribution in [3.05, 3.63) is 35.9 Å². The van der Waals surface area contributed by atoms with Gasteiger partial charge in [0.25, 0.3) is 0 Å². The molecule has 0 atom stereocenters. The number of halogens is 3. The summed E-state index contributed by atoms with van der Waals surface area (Å²) in [6.07, 6.45) is -3.28. The van der Waals surface area contributed by atoms with Gasteiger partial charge < -0.3 is 5.32 Å². The van der Waals surface area contributed by atoms with Gasteiger partial charge in [-0.2, -0.15) is 13.2 Å². The molecule has 1 N–H and O–H groups in total. The average Bonchev–Trinajstić information content (AvgIpc) is 2.37. The Morgan fingerprint density at radius 3 is 2.42 bits per heavy atom. The summed E-state index contributed by atoms with van der Waals surface area (Å²) in [7, 11) is 1.70. The molecule has 0 aliphatic rings. The van der Waals surface area contributed by atoms with Crippen molar-refractivity contribution >= 4 is 5.82 Å². The molecule has 0 aliphatic carbocycles. The van der Waals surface area contributed by atoms with Gasteiger partial charge >= 0.3 is 6.18 Å². The van der Waals surface area contributed by atoms with Crippen LogP contribution < -0.4 is 5.32 Å². The number of nitrogens with one attached hydrogen (secondary N) is 1. The standard InChI is InChI=1S/C12H11F3N4/c1-7-18-9(5-11(16-2)19-7)8-3-4-10(17-6-8)12(13,14)15/h3-6H,1-2H3,(H,16,18,19). The zero-order chi connectivity index (χ0) is 14.0. The Balaban J connectivity index is 2.40. The van der Waals surface area contributed by atoms with Crippen molar-refractivity contribution in [1.82, 2.24) is 15.0 Å². The van der Waals surface area contributed by atoms with Crippen LogP contribution in [0.2, 0.25) is 0 Å². The fourth-order valence-electron chi connectivity index (χ4n) is 1.56. The van der Waals surface area contributed by atoms with Crippen molar-refractivity contribution in [2.24, 2.45) is 0 Å². The second kappa shape index (κ2) is 4.83.